The Bertz CT molecular complexity index is 833. The quantitative estimate of drug-likeness (QED) is 0.734. The van der Waals surface area contributed by atoms with Crippen LogP contribution in [0.4, 0.5) is 5.13 Å². The van der Waals surface area contributed by atoms with Gasteiger partial charge in [0, 0.05) is 43.8 Å². The van der Waals surface area contributed by atoms with Crippen LogP contribution in [0.25, 0.3) is 11.0 Å². The minimum atomic E-state index is 0.457. The number of hydrogen-bond donors (Lipinski definition) is 0. The van der Waals surface area contributed by atoms with Crippen molar-refractivity contribution >= 4 is 27.5 Å². The number of hydrogen-bond acceptors (Lipinski definition) is 6. The highest BCUT2D eigenvalue weighted by atomic mass is 32.1. The molecular formula is C18H21N5S. The van der Waals surface area contributed by atoms with Gasteiger partial charge in [0.25, 0.3) is 0 Å². The molecule has 1 atom stereocenters. The van der Waals surface area contributed by atoms with Gasteiger partial charge in [-0.15, -0.1) is 11.3 Å². The molecule has 5 nitrogen and oxygen atoms in total. The molecule has 1 fully saturated rings. The fourth-order valence-electron chi connectivity index (χ4n) is 3.30. The molecule has 0 bridgehead atoms. The van der Waals surface area contributed by atoms with Crippen LogP contribution in [0.3, 0.4) is 0 Å². The van der Waals surface area contributed by atoms with E-state index in [1.165, 1.54) is 0 Å². The topological polar surface area (TPSA) is 45.2 Å². The standard InChI is InChI=1S/C18H21N5S/c1-13-11-22(8-9-23(13)18-19-7-10-24-18)12-17-14(2)20-15-5-3-4-6-16(15)21-17/h3-7,10,13H,8-9,11-12H2,1-2H3. The van der Waals surface area contributed by atoms with Crippen molar-refractivity contribution in [2.75, 3.05) is 24.5 Å². The molecule has 0 spiro atoms. The molecule has 6 heteroatoms. The number of anilines is 1. The maximum absolute atomic E-state index is 4.83. The lowest BCUT2D eigenvalue weighted by Gasteiger charge is -2.39. The summed E-state index contributed by atoms with van der Waals surface area (Å²) in [6.07, 6.45) is 1.88. The zero-order chi connectivity index (χ0) is 16.5. The number of thiazole rings is 1. The SMILES string of the molecule is Cc1nc2ccccc2nc1CN1CCN(c2nccs2)C(C)C1. The summed E-state index contributed by atoms with van der Waals surface area (Å²) >= 11 is 1.72. The van der Waals surface area contributed by atoms with Gasteiger partial charge in [-0.1, -0.05) is 12.1 Å². The molecule has 124 valence electrons. The highest BCUT2D eigenvalue weighted by Gasteiger charge is 2.25. The summed E-state index contributed by atoms with van der Waals surface area (Å²) in [6.45, 7) is 8.25. The number of benzene rings is 1. The second-order valence-electron chi connectivity index (χ2n) is 6.34. The Hall–Kier alpha value is -2.05. The lowest BCUT2D eigenvalue weighted by Crippen LogP contribution is -2.51. The van der Waals surface area contributed by atoms with Crippen LogP contribution in [0.5, 0.6) is 0 Å². The van der Waals surface area contributed by atoms with Crippen molar-refractivity contribution in [2.45, 2.75) is 26.4 Å². The molecular weight excluding hydrogens is 318 g/mol. The van der Waals surface area contributed by atoms with E-state index in [1.807, 2.05) is 35.8 Å². The summed E-state index contributed by atoms with van der Waals surface area (Å²) in [5, 5.41) is 3.17. The van der Waals surface area contributed by atoms with Crippen LogP contribution in [0, 0.1) is 6.92 Å². The zero-order valence-electron chi connectivity index (χ0n) is 14.0. The smallest absolute Gasteiger partial charge is 0.185 e. The van der Waals surface area contributed by atoms with Gasteiger partial charge in [-0.25, -0.2) is 15.0 Å². The van der Waals surface area contributed by atoms with Gasteiger partial charge in [0.05, 0.1) is 22.4 Å². The molecule has 3 heterocycles. The van der Waals surface area contributed by atoms with Crippen molar-refractivity contribution < 1.29 is 0 Å². The largest absolute Gasteiger partial charge is 0.343 e. The molecule has 0 aliphatic carbocycles. The number of rotatable bonds is 3. The molecule has 0 N–H and O–H groups in total. The molecule has 1 saturated heterocycles. The van der Waals surface area contributed by atoms with Crippen molar-refractivity contribution in [2.24, 2.45) is 0 Å². The van der Waals surface area contributed by atoms with Crippen molar-refractivity contribution in [3.8, 4) is 0 Å². The second-order valence-corrected chi connectivity index (χ2v) is 7.21. The van der Waals surface area contributed by atoms with Crippen LogP contribution in [0.15, 0.2) is 35.8 Å². The molecule has 1 unspecified atom stereocenters. The average molecular weight is 339 g/mol. The first-order valence-electron chi connectivity index (χ1n) is 8.31. The van der Waals surface area contributed by atoms with Crippen molar-refractivity contribution in [3.63, 3.8) is 0 Å². The Morgan fingerprint density at radius 3 is 2.67 bits per heavy atom. The van der Waals surface area contributed by atoms with E-state index in [9.17, 15) is 0 Å². The molecule has 1 aromatic carbocycles. The van der Waals surface area contributed by atoms with Crippen LogP contribution in [-0.2, 0) is 6.54 Å². The molecule has 0 radical (unpaired) electrons. The molecule has 1 aliphatic heterocycles. The Morgan fingerprint density at radius 2 is 1.96 bits per heavy atom. The van der Waals surface area contributed by atoms with Gasteiger partial charge in [0.15, 0.2) is 5.13 Å². The van der Waals surface area contributed by atoms with Gasteiger partial charge in [0.1, 0.15) is 0 Å². The van der Waals surface area contributed by atoms with Crippen LogP contribution >= 0.6 is 11.3 Å². The molecule has 3 aromatic rings. The number of nitrogens with zero attached hydrogens (tertiary/aromatic N) is 5. The number of para-hydroxylation sites is 2. The summed E-state index contributed by atoms with van der Waals surface area (Å²) in [7, 11) is 0. The molecule has 4 rings (SSSR count). The predicted octanol–water partition coefficient (Wildman–Crippen LogP) is 3.11. The number of aromatic nitrogens is 3. The Kier molecular flexibility index (Phi) is 4.16. The van der Waals surface area contributed by atoms with Gasteiger partial charge >= 0.3 is 0 Å². The predicted molar refractivity (Wildman–Crippen MR) is 98.5 cm³/mol. The first-order chi connectivity index (χ1) is 11.7. The second kappa shape index (κ2) is 6.45. The Morgan fingerprint density at radius 1 is 1.17 bits per heavy atom. The molecule has 0 amide bonds. The number of fused-ring (bicyclic) bond motifs is 1. The monoisotopic (exact) mass is 339 g/mol. The minimum absolute atomic E-state index is 0.457. The highest BCUT2D eigenvalue weighted by molar-refractivity contribution is 7.13. The minimum Gasteiger partial charge on any atom is -0.343 e. The van der Waals surface area contributed by atoms with Gasteiger partial charge in [-0.3, -0.25) is 4.90 Å². The first-order valence-corrected chi connectivity index (χ1v) is 9.19. The van der Waals surface area contributed by atoms with Gasteiger partial charge in [-0.05, 0) is 26.0 Å². The zero-order valence-corrected chi connectivity index (χ0v) is 14.8. The molecule has 24 heavy (non-hydrogen) atoms. The van der Waals surface area contributed by atoms with Crippen LogP contribution in [0.2, 0.25) is 0 Å². The van der Waals surface area contributed by atoms with Crippen molar-refractivity contribution in [1.82, 2.24) is 19.9 Å². The lowest BCUT2D eigenvalue weighted by atomic mass is 10.2. The van der Waals surface area contributed by atoms with Gasteiger partial charge in [0.2, 0.25) is 0 Å². The summed E-state index contributed by atoms with van der Waals surface area (Å²) in [5.41, 5.74) is 4.07. The molecule has 0 saturated carbocycles. The summed E-state index contributed by atoms with van der Waals surface area (Å²) in [6, 6.07) is 8.54. The third-order valence-electron chi connectivity index (χ3n) is 4.59. The van der Waals surface area contributed by atoms with E-state index in [0.29, 0.717) is 6.04 Å². The highest BCUT2D eigenvalue weighted by Crippen LogP contribution is 2.23. The molecule has 2 aromatic heterocycles. The summed E-state index contributed by atoms with van der Waals surface area (Å²) in [5.74, 6) is 0. The van der Waals surface area contributed by atoms with Crippen LogP contribution < -0.4 is 4.90 Å². The van der Waals surface area contributed by atoms with Gasteiger partial charge in [-0.2, -0.15) is 0 Å². The lowest BCUT2D eigenvalue weighted by molar-refractivity contribution is 0.218. The average Bonchev–Trinajstić information content (AvgIpc) is 3.10. The fourth-order valence-corrected chi connectivity index (χ4v) is 4.08. The third-order valence-corrected chi connectivity index (χ3v) is 5.40. The van der Waals surface area contributed by atoms with E-state index in [0.717, 1.165) is 53.7 Å². The molecule has 1 aliphatic rings. The summed E-state index contributed by atoms with van der Waals surface area (Å²) < 4.78 is 0. The number of piperazine rings is 1. The van der Waals surface area contributed by atoms with E-state index < -0.39 is 0 Å². The maximum atomic E-state index is 4.83. The Balaban J connectivity index is 1.49. The van der Waals surface area contributed by atoms with Crippen molar-refractivity contribution in [1.29, 1.82) is 0 Å². The Labute approximate surface area is 146 Å². The van der Waals surface area contributed by atoms with E-state index in [-0.39, 0.29) is 0 Å². The number of aryl methyl sites for hydroxylation is 1. The van der Waals surface area contributed by atoms with Crippen LogP contribution in [0.1, 0.15) is 18.3 Å². The van der Waals surface area contributed by atoms with Crippen molar-refractivity contribution in [3.05, 3.63) is 47.2 Å². The van der Waals surface area contributed by atoms with E-state index >= 15 is 0 Å². The van der Waals surface area contributed by atoms with Crippen LogP contribution in [-0.4, -0.2) is 45.5 Å². The normalized spacial score (nSPS) is 19.1. The van der Waals surface area contributed by atoms with E-state index in [2.05, 4.69) is 28.6 Å². The first kappa shape index (κ1) is 15.5. The maximum Gasteiger partial charge on any atom is 0.185 e. The van der Waals surface area contributed by atoms with Gasteiger partial charge < -0.3 is 4.90 Å². The van der Waals surface area contributed by atoms with E-state index in [1.54, 1.807) is 11.3 Å². The summed E-state index contributed by atoms with van der Waals surface area (Å²) in [4.78, 5) is 18.9. The fraction of sp³-hybridized carbons (Fsp3) is 0.389. The van der Waals surface area contributed by atoms with E-state index in [4.69, 9.17) is 9.97 Å². The third kappa shape index (κ3) is 2.99.